The Balaban J connectivity index is 2.85. The van der Waals surface area contributed by atoms with Crippen molar-refractivity contribution < 1.29 is 18.3 Å². The molecule has 0 aliphatic rings. The molecular weight excluding hydrogens is 247 g/mol. The van der Waals surface area contributed by atoms with E-state index in [-0.39, 0.29) is 25.0 Å². The Morgan fingerprint density at radius 3 is 2.50 bits per heavy atom. The van der Waals surface area contributed by atoms with Crippen LogP contribution in [0.1, 0.15) is 18.5 Å². The Bertz CT molecular complexity index is 365. The highest BCUT2D eigenvalue weighted by Gasteiger charge is 2.31. The van der Waals surface area contributed by atoms with Gasteiger partial charge in [0.2, 0.25) is 0 Å². The smallest absolute Gasteiger partial charge is 0.395 e. The van der Waals surface area contributed by atoms with Gasteiger partial charge in [-0.15, -0.1) is 0 Å². The molecule has 1 rings (SSSR count). The lowest BCUT2D eigenvalue weighted by Crippen LogP contribution is -2.36. The molecule has 102 valence electrons. The van der Waals surface area contributed by atoms with E-state index in [0.717, 1.165) is 10.5 Å². The van der Waals surface area contributed by atoms with E-state index in [1.165, 1.54) is 12.3 Å². The minimum Gasteiger partial charge on any atom is -0.395 e. The maximum atomic E-state index is 12.4. The zero-order valence-corrected chi connectivity index (χ0v) is 9.98. The second-order valence-electron chi connectivity index (χ2n) is 4.00. The molecule has 0 fully saturated rings. The number of aliphatic hydroxyl groups is 1. The van der Waals surface area contributed by atoms with E-state index >= 15 is 0 Å². The molecule has 7 heteroatoms. The van der Waals surface area contributed by atoms with E-state index in [0.29, 0.717) is 0 Å². The average molecular weight is 263 g/mol. The molecule has 4 nitrogen and oxygen atoms in total. The SMILES string of the molecule is C[C@@H](N)c1ccc(N(CCO)CC(F)(F)F)nc1. The molecule has 3 N–H and O–H groups in total. The predicted octanol–water partition coefficient (Wildman–Crippen LogP) is 1.46. The molecule has 0 saturated carbocycles. The monoisotopic (exact) mass is 263 g/mol. The molecule has 0 amide bonds. The standard InChI is InChI=1S/C11H16F3N3O/c1-8(15)9-2-3-10(16-6-9)17(4-5-18)7-11(12,13)14/h2-3,6,8,18H,4-5,7,15H2,1H3/t8-/m1/s1. The number of hydrogen-bond acceptors (Lipinski definition) is 4. The number of anilines is 1. The van der Waals surface area contributed by atoms with Gasteiger partial charge >= 0.3 is 6.18 Å². The van der Waals surface area contributed by atoms with E-state index in [4.69, 9.17) is 10.8 Å². The Labute approximate surface area is 103 Å². The molecule has 18 heavy (non-hydrogen) atoms. The second-order valence-corrected chi connectivity index (χ2v) is 4.00. The highest BCUT2D eigenvalue weighted by atomic mass is 19.4. The number of pyridine rings is 1. The van der Waals surface area contributed by atoms with Gasteiger partial charge in [-0.05, 0) is 18.6 Å². The van der Waals surface area contributed by atoms with Crippen LogP contribution in [0, 0.1) is 0 Å². The minimum absolute atomic E-state index is 0.121. The molecule has 0 spiro atoms. The van der Waals surface area contributed by atoms with Crippen molar-refractivity contribution in [1.29, 1.82) is 0 Å². The van der Waals surface area contributed by atoms with Crippen molar-refractivity contribution in [2.24, 2.45) is 5.73 Å². The van der Waals surface area contributed by atoms with Gasteiger partial charge in [0.25, 0.3) is 0 Å². The number of nitrogens with two attached hydrogens (primary N) is 1. The normalized spacial score (nSPS) is 13.4. The summed E-state index contributed by atoms with van der Waals surface area (Å²) < 4.78 is 37.1. The lowest BCUT2D eigenvalue weighted by Gasteiger charge is -2.24. The van der Waals surface area contributed by atoms with Crippen molar-refractivity contribution in [3.8, 4) is 0 Å². The van der Waals surface area contributed by atoms with Crippen LogP contribution in [0.3, 0.4) is 0 Å². The summed E-state index contributed by atoms with van der Waals surface area (Å²) in [6.07, 6.45) is -2.89. The van der Waals surface area contributed by atoms with Crippen LogP contribution >= 0.6 is 0 Å². The van der Waals surface area contributed by atoms with Gasteiger partial charge in [0, 0.05) is 18.8 Å². The fourth-order valence-electron chi connectivity index (χ4n) is 1.47. The summed E-state index contributed by atoms with van der Waals surface area (Å²) in [6.45, 7) is 0.132. The Kier molecular flexibility index (Phi) is 4.92. The molecule has 0 saturated heterocycles. The zero-order valence-electron chi connectivity index (χ0n) is 9.98. The summed E-state index contributed by atoms with van der Waals surface area (Å²) in [5.74, 6) is 0.172. The third-order valence-corrected chi connectivity index (χ3v) is 2.36. The first-order chi connectivity index (χ1) is 8.33. The maximum absolute atomic E-state index is 12.4. The summed E-state index contributed by atoms with van der Waals surface area (Å²) in [4.78, 5) is 4.92. The average Bonchev–Trinajstić information content (AvgIpc) is 2.27. The van der Waals surface area contributed by atoms with Crippen LogP contribution in [0.5, 0.6) is 0 Å². The molecule has 1 aromatic heterocycles. The van der Waals surface area contributed by atoms with Crippen molar-refractivity contribution >= 4 is 5.82 Å². The molecular formula is C11H16F3N3O. The van der Waals surface area contributed by atoms with E-state index in [9.17, 15) is 13.2 Å². The first kappa shape index (κ1) is 14.7. The van der Waals surface area contributed by atoms with Crippen LogP contribution in [0.25, 0.3) is 0 Å². The van der Waals surface area contributed by atoms with Gasteiger partial charge in [0.15, 0.2) is 0 Å². The first-order valence-corrected chi connectivity index (χ1v) is 5.47. The molecule has 1 heterocycles. The summed E-state index contributed by atoms with van der Waals surface area (Å²) in [6, 6.07) is 2.88. The van der Waals surface area contributed by atoms with Crippen molar-refractivity contribution in [3.63, 3.8) is 0 Å². The van der Waals surface area contributed by atoms with E-state index < -0.39 is 12.7 Å². The van der Waals surface area contributed by atoms with Crippen LogP contribution in [0.4, 0.5) is 19.0 Å². The van der Waals surface area contributed by atoms with Gasteiger partial charge in [-0.2, -0.15) is 13.2 Å². The number of aliphatic hydroxyl groups excluding tert-OH is 1. The van der Waals surface area contributed by atoms with Crippen LogP contribution < -0.4 is 10.6 Å². The van der Waals surface area contributed by atoms with Crippen LogP contribution in [0.15, 0.2) is 18.3 Å². The topological polar surface area (TPSA) is 62.4 Å². The van der Waals surface area contributed by atoms with Crippen molar-refractivity contribution in [2.45, 2.75) is 19.1 Å². The number of rotatable bonds is 5. The highest BCUT2D eigenvalue weighted by Crippen LogP contribution is 2.21. The molecule has 0 aliphatic heterocycles. The molecule has 0 unspecified atom stereocenters. The fraction of sp³-hybridized carbons (Fsp3) is 0.545. The highest BCUT2D eigenvalue weighted by molar-refractivity contribution is 5.40. The third-order valence-electron chi connectivity index (χ3n) is 2.36. The number of hydrogen-bond donors (Lipinski definition) is 2. The second kappa shape index (κ2) is 6.01. The predicted molar refractivity (Wildman–Crippen MR) is 62.2 cm³/mol. The van der Waals surface area contributed by atoms with Crippen molar-refractivity contribution in [2.75, 3.05) is 24.6 Å². The summed E-state index contributed by atoms with van der Waals surface area (Å²) in [5, 5.41) is 8.78. The molecule has 0 radical (unpaired) electrons. The number of alkyl halides is 3. The molecule has 0 aromatic carbocycles. The van der Waals surface area contributed by atoms with Gasteiger partial charge in [0.1, 0.15) is 12.4 Å². The Morgan fingerprint density at radius 1 is 1.44 bits per heavy atom. The third kappa shape index (κ3) is 4.50. The molecule has 1 aromatic rings. The molecule has 1 atom stereocenters. The van der Waals surface area contributed by atoms with Crippen molar-refractivity contribution in [3.05, 3.63) is 23.9 Å². The lowest BCUT2D eigenvalue weighted by atomic mass is 10.1. The van der Waals surface area contributed by atoms with Gasteiger partial charge in [0.05, 0.1) is 6.61 Å². The largest absolute Gasteiger partial charge is 0.405 e. The number of nitrogens with zero attached hydrogens (tertiary/aromatic N) is 2. The van der Waals surface area contributed by atoms with Gasteiger partial charge < -0.3 is 15.7 Å². The fourth-order valence-corrected chi connectivity index (χ4v) is 1.47. The summed E-state index contributed by atoms with van der Waals surface area (Å²) in [5.41, 5.74) is 6.37. The summed E-state index contributed by atoms with van der Waals surface area (Å²) in [7, 11) is 0. The van der Waals surface area contributed by atoms with E-state index in [1.807, 2.05) is 0 Å². The quantitative estimate of drug-likeness (QED) is 0.844. The van der Waals surface area contributed by atoms with E-state index in [2.05, 4.69) is 4.98 Å². The molecule has 0 aliphatic carbocycles. The number of halogens is 3. The van der Waals surface area contributed by atoms with Crippen LogP contribution in [0.2, 0.25) is 0 Å². The number of aromatic nitrogens is 1. The van der Waals surface area contributed by atoms with Gasteiger partial charge in [-0.3, -0.25) is 0 Å². The Hall–Kier alpha value is -1.34. The van der Waals surface area contributed by atoms with Crippen molar-refractivity contribution in [1.82, 2.24) is 4.98 Å². The van der Waals surface area contributed by atoms with Crippen LogP contribution in [-0.4, -0.2) is 36.0 Å². The zero-order chi connectivity index (χ0) is 13.8. The van der Waals surface area contributed by atoms with Gasteiger partial charge in [-0.25, -0.2) is 4.98 Å². The molecule has 0 bridgehead atoms. The summed E-state index contributed by atoms with van der Waals surface area (Å²) >= 11 is 0. The van der Waals surface area contributed by atoms with E-state index in [1.54, 1.807) is 13.0 Å². The minimum atomic E-state index is -4.34. The first-order valence-electron chi connectivity index (χ1n) is 5.47. The maximum Gasteiger partial charge on any atom is 0.405 e. The Morgan fingerprint density at radius 2 is 2.11 bits per heavy atom. The van der Waals surface area contributed by atoms with Crippen LogP contribution in [-0.2, 0) is 0 Å². The lowest BCUT2D eigenvalue weighted by molar-refractivity contribution is -0.120. The van der Waals surface area contributed by atoms with Gasteiger partial charge in [-0.1, -0.05) is 6.07 Å².